The molecule has 2 aromatic rings. The van der Waals surface area contributed by atoms with E-state index >= 15 is 0 Å². The average molecular weight is 375 g/mol. The first kappa shape index (κ1) is 13.1. The van der Waals surface area contributed by atoms with E-state index in [2.05, 4.69) is 57.1 Å². The summed E-state index contributed by atoms with van der Waals surface area (Å²) in [5.74, 6) is 0. The summed E-state index contributed by atoms with van der Waals surface area (Å²) in [5, 5.41) is 3.46. The molecule has 0 atom stereocenters. The van der Waals surface area contributed by atoms with Gasteiger partial charge in [0.25, 0.3) is 0 Å². The van der Waals surface area contributed by atoms with E-state index in [0.29, 0.717) is 0 Å². The lowest BCUT2D eigenvalue weighted by Gasteiger charge is -2.10. The molecule has 0 radical (unpaired) electrons. The van der Waals surface area contributed by atoms with Gasteiger partial charge in [-0.2, -0.15) is 0 Å². The fourth-order valence-electron chi connectivity index (χ4n) is 1.71. The molecule has 17 heavy (non-hydrogen) atoms. The maximum absolute atomic E-state index is 3.55. The molecule has 1 aromatic heterocycles. The molecule has 0 fully saturated rings. The average Bonchev–Trinajstić information content (AvgIpc) is 2.57. The van der Waals surface area contributed by atoms with Gasteiger partial charge in [0.2, 0.25) is 0 Å². The molecule has 90 valence electrons. The summed E-state index contributed by atoms with van der Waals surface area (Å²) >= 11 is 8.96. The molecule has 0 aliphatic heterocycles. The van der Waals surface area contributed by atoms with Crippen LogP contribution in [0.25, 0.3) is 0 Å². The van der Waals surface area contributed by atoms with Crippen molar-refractivity contribution in [1.82, 2.24) is 0 Å². The Morgan fingerprint density at radius 3 is 2.35 bits per heavy atom. The monoisotopic (exact) mass is 373 g/mol. The maximum Gasteiger partial charge on any atom is 0.0631 e. The third-order valence-electron chi connectivity index (χ3n) is 2.56. The third kappa shape index (κ3) is 3.12. The van der Waals surface area contributed by atoms with E-state index in [9.17, 15) is 0 Å². The third-order valence-corrected chi connectivity index (χ3v) is 4.89. The van der Waals surface area contributed by atoms with Gasteiger partial charge in [-0.25, -0.2) is 0 Å². The Labute approximate surface area is 123 Å². The number of benzene rings is 1. The zero-order valence-electron chi connectivity index (χ0n) is 9.68. The molecule has 1 heterocycles. The second-order valence-corrected chi connectivity index (χ2v) is 7.06. The number of nitrogens with one attached hydrogen (secondary N) is 1. The highest BCUT2D eigenvalue weighted by Crippen LogP contribution is 2.31. The minimum atomic E-state index is 0.859. The van der Waals surface area contributed by atoms with Gasteiger partial charge in [-0.15, -0.1) is 11.3 Å². The minimum absolute atomic E-state index is 0.859. The molecule has 0 bridgehead atoms. The summed E-state index contributed by atoms with van der Waals surface area (Å²) in [5.41, 5.74) is 2.48. The maximum atomic E-state index is 3.55. The quantitative estimate of drug-likeness (QED) is 0.747. The van der Waals surface area contributed by atoms with Crippen molar-refractivity contribution in [2.24, 2.45) is 0 Å². The van der Waals surface area contributed by atoms with Crippen LogP contribution in [-0.4, -0.2) is 0 Å². The lowest BCUT2D eigenvalue weighted by molar-refractivity contribution is 1.13. The molecule has 1 N–H and O–H groups in total. The number of para-hydroxylation sites is 1. The van der Waals surface area contributed by atoms with Crippen LogP contribution in [0.3, 0.4) is 0 Å². The van der Waals surface area contributed by atoms with E-state index in [1.165, 1.54) is 15.3 Å². The number of hydrogen-bond donors (Lipinski definition) is 1. The Hall–Kier alpha value is -0.320. The van der Waals surface area contributed by atoms with E-state index in [-0.39, 0.29) is 0 Å². The van der Waals surface area contributed by atoms with Crippen molar-refractivity contribution in [3.05, 3.63) is 48.5 Å². The zero-order chi connectivity index (χ0) is 12.4. The van der Waals surface area contributed by atoms with Crippen molar-refractivity contribution in [3.8, 4) is 0 Å². The molecular weight excluding hydrogens is 362 g/mol. The van der Waals surface area contributed by atoms with Gasteiger partial charge in [0, 0.05) is 25.2 Å². The van der Waals surface area contributed by atoms with E-state index < -0.39 is 0 Å². The Morgan fingerprint density at radius 1 is 1.18 bits per heavy atom. The van der Waals surface area contributed by atoms with Crippen molar-refractivity contribution < 1.29 is 0 Å². The minimum Gasteiger partial charge on any atom is -0.379 e. The molecule has 0 aliphatic carbocycles. The molecule has 0 saturated heterocycles. The van der Waals surface area contributed by atoms with E-state index in [1.807, 2.05) is 29.5 Å². The van der Waals surface area contributed by atoms with Gasteiger partial charge in [-0.1, -0.05) is 6.07 Å². The van der Waals surface area contributed by atoms with Crippen molar-refractivity contribution in [3.63, 3.8) is 0 Å². The largest absolute Gasteiger partial charge is 0.379 e. The Morgan fingerprint density at radius 2 is 1.82 bits per heavy atom. The van der Waals surface area contributed by atoms with Gasteiger partial charge in [0.1, 0.15) is 0 Å². The predicted molar refractivity (Wildman–Crippen MR) is 83.0 cm³/mol. The van der Waals surface area contributed by atoms with Gasteiger partial charge in [-0.05, 0) is 69.5 Å². The van der Waals surface area contributed by atoms with Gasteiger partial charge < -0.3 is 5.32 Å². The van der Waals surface area contributed by atoms with E-state index in [1.54, 1.807) is 0 Å². The summed E-state index contributed by atoms with van der Waals surface area (Å²) < 4.78 is 2.16. The number of aryl methyl sites for hydroxylation is 2. The number of halogens is 2. The van der Waals surface area contributed by atoms with Crippen LogP contribution >= 0.6 is 43.2 Å². The van der Waals surface area contributed by atoms with Crippen molar-refractivity contribution >= 4 is 48.9 Å². The zero-order valence-corrected chi connectivity index (χ0v) is 13.7. The summed E-state index contributed by atoms with van der Waals surface area (Å²) in [6, 6.07) is 8.34. The fourth-order valence-corrected chi connectivity index (χ4v) is 3.93. The lowest BCUT2D eigenvalue weighted by Crippen LogP contribution is -2.00. The van der Waals surface area contributed by atoms with Crippen molar-refractivity contribution in [2.45, 2.75) is 20.4 Å². The molecular formula is C13H13Br2NS. The summed E-state index contributed by atoms with van der Waals surface area (Å²) in [4.78, 5) is 2.75. The lowest BCUT2D eigenvalue weighted by atomic mass is 10.2. The van der Waals surface area contributed by atoms with Gasteiger partial charge in [0.05, 0.1) is 5.69 Å². The smallest absolute Gasteiger partial charge is 0.0631 e. The van der Waals surface area contributed by atoms with Crippen LogP contribution in [0.15, 0.2) is 33.2 Å². The Kier molecular flexibility index (Phi) is 4.28. The molecule has 1 aromatic carbocycles. The Bertz CT molecular complexity index is 514. The van der Waals surface area contributed by atoms with E-state index in [4.69, 9.17) is 0 Å². The number of anilines is 1. The highest BCUT2D eigenvalue weighted by Gasteiger charge is 2.06. The molecule has 0 aliphatic rings. The van der Waals surface area contributed by atoms with Crippen LogP contribution in [-0.2, 0) is 6.54 Å². The molecule has 0 spiro atoms. The van der Waals surface area contributed by atoms with Gasteiger partial charge in [-0.3, -0.25) is 0 Å². The molecule has 2 rings (SSSR count). The van der Waals surface area contributed by atoms with Crippen molar-refractivity contribution in [2.75, 3.05) is 5.32 Å². The summed E-state index contributed by atoms with van der Waals surface area (Å²) in [6.45, 7) is 5.18. The molecule has 4 heteroatoms. The summed E-state index contributed by atoms with van der Waals surface area (Å²) in [6.07, 6.45) is 0. The summed E-state index contributed by atoms with van der Waals surface area (Å²) in [7, 11) is 0. The second-order valence-electron chi connectivity index (χ2n) is 3.89. The fraction of sp³-hybridized carbons (Fsp3) is 0.231. The first-order chi connectivity index (χ1) is 8.08. The topological polar surface area (TPSA) is 12.0 Å². The second kappa shape index (κ2) is 5.55. The number of hydrogen-bond acceptors (Lipinski definition) is 2. The highest BCUT2D eigenvalue weighted by molar-refractivity contribution is 9.11. The van der Waals surface area contributed by atoms with Gasteiger partial charge in [0.15, 0.2) is 0 Å². The SMILES string of the molecule is Cc1cc(CNc2c(Br)cccc2Br)c(C)s1. The Balaban J connectivity index is 2.15. The van der Waals surface area contributed by atoms with Crippen molar-refractivity contribution in [1.29, 1.82) is 0 Å². The first-order valence-electron chi connectivity index (χ1n) is 5.31. The van der Waals surface area contributed by atoms with Crippen LogP contribution in [0.1, 0.15) is 15.3 Å². The molecule has 0 saturated carbocycles. The molecule has 0 amide bonds. The first-order valence-corrected chi connectivity index (χ1v) is 7.72. The van der Waals surface area contributed by atoms with Crippen LogP contribution < -0.4 is 5.32 Å². The molecule has 0 unspecified atom stereocenters. The van der Waals surface area contributed by atoms with E-state index in [0.717, 1.165) is 21.2 Å². The van der Waals surface area contributed by atoms with Crippen LogP contribution in [0, 0.1) is 13.8 Å². The standard InChI is InChI=1S/C13H13Br2NS/c1-8-6-10(9(2)17-8)7-16-13-11(14)4-3-5-12(13)15/h3-6,16H,7H2,1-2H3. The van der Waals surface area contributed by atoms with Crippen LogP contribution in [0.2, 0.25) is 0 Å². The predicted octanol–water partition coefficient (Wildman–Crippen LogP) is 5.50. The van der Waals surface area contributed by atoms with Gasteiger partial charge >= 0.3 is 0 Å². The van der Waals surface area contributed by atoms with Crippen LogP contribution in [0.5, 0.6) is 0 Å². The normalized spacial score (nSPS) is 10.6. The highest BCUT2D eigenvalue weighted by atomic mass is 79.9. The van der Waals surface area contributed by atoms with Crippen LogP contribution in [0.4, 0.5) is 5.69 Å². The molecule has 1 nitrogen and oxygen atoms in total. The number of rotatable bonds is 3. The number of thiophene rings is 1.